The average molecular weight is 192 g/mol. The van der Waals surface area contributed by atoms with E-state index in [-0.39, 0.29) is 5.54 Å². The predicted molar refractivity (Wildman–Crippen MR) is 57.2 cm³/mol. The third-order valence-electron chi connectivity index (χ3n) is 2.72. The molecule has 0 bridgehead atoms. The van der Waals surface area contributed by atoms with Crippen molar-refractivity contribution < 1.29 is 0 Å². The lowest BCUT2D eigenvalue weighted by molar-refractivity contribution is 0.813. The summed E-state index contributed by atoms with van der Waals surface area (Å²) >= 11 is 0. The second-order valence-corrected chi connectivity index (χ2v) is 4.32. The molecule has 4 heteroatoms. The van der Waals surface area contributed by atoms with Crippen molar-refractivity contribution in [2.75, 3.05) is 11.1 Å². The third kappa shape index (κ3) is 1.64. The zero-order valence-electron chi connectivity index (χ0n) is 8.89. The highest BCUT2D eigenvalue weighted by molar-refractivity contribution is 5.56. The molecule has 0 aromatic carbocycles. The number of nitrogens with two attached hydrogens (primary N) is 1. The fraction of sp³-hybridized carbons (Fsp3) is 0.600. The van der Waals surface area contributed by atoms with Crippen molar-refractivity contribution in [1.29, 1.82) is 0 Å². The van der Waals surface area contributed by atoms with Gasteiger partial charge in [-0.25, -0.2) is 9.97 Å². The Kier molecular flexibility index (Phi) is 1.87. The quantitative estimate of drug-likeness (QED) is 0.747. The van der Waals surface area contributed by atoms with E-state index in [1.165, 1.54) is 12.8 Å². The first kappa shape index (κ1) is 9.24. The Morgan fingerprint density at radius 2 is 1.93 bits per heavy atom. The largest absolute Gasteiger partial charge is 0.383 e. The molecule has 2 rings (SSSR count). The van der Waals surface area contributed by atoms with Crippen LogP contribution in [0.5, 0.6) is 0 Å². The number of nitrogens with zero attached hydrogens (tertiary/aromatic N) is 2. The zero-order chi connectivity index (χ0) is 10.3. The Morgan fingerprint density at radius 3 is 2.50 bits per heavy atom. The van der Waals surface area contributed by atoms with Gasteiger partial charge in [-0.05, 0) is 33.6 Å². The highest BCUT2D eigenvalue weighted by Gasteiger charge is 2.37. The number of aromatic nitrogens is 2. The standard InChI is InChI=1S/C10H16N4/c1-6-8(11)12-7(2)13-9(6)14-10(3)4-5-10/h4-5H2,1-3H3,(H3,11,12,13,14). The third-order valence-corrected chi connectivity index (χ3v) is 2.72. The molecule has 0 amide bonds. The fourth-order valence-corrected chi connectivity index (χ4v) is 1.37. The van der Waals surface area contributed by atoms with Gasteiger partial charge in [0.25, 0.3) is 0 Å². The topological polar surface area (TPSA) is 63.8 Å². The van der Waals surface area contributed by atoms with E-state index >= 15 is 0 Å². The van der Waals surface area contributed by atoms with E-state index in [1.54, 1.807) is 0 Å². The Bertz CT molecular complexity index is 369. The monoisotopic (exact) mass is 192 g/mol. The van der Waals surface area contributed by atoms with Crippen LogP contribution in [0.25, 0.3) is 0 Å². The number of rotatable bonds is 2. The van der Waals surface area contributed by atoms with Gasteiger partial charge in [0, 0.05) is 11.1 Å². The Hall–Kier alpha value is -1.32. The average Bonchev–Trinajstić information content (AvgIpc) is 2.79. The maximum atomic E-state index is 5.77. The van der Waals surface area contributed by atoms with Crippen molar-refractivity contribution >= 4 is 11.6 Å². The summed E-state index contributed by atoms with van der Waals surface area (Å²) in [6, 6.07) is 0. The number of aryl methyl sites for hydroxylation is 1. The number of hydrogen-bond donors (Lipinski definition) is 2. The zero-order valence-corrected chi connectivity index (χ0v) is 8.89. The van der Waals surface area contributed by atoms with Crippen molar-refractivity contribution in [3.05, 3.63) is 11.4 Å². The van der Waals surface area contributed by atoms with E-state index in [9.17, 15) is 0 Å². The van der Waals surface area contributed by atoms with Gasteiger partial charge in [0.1, 0.15) is 17.5 Å². The van der Waals surface area contributed by atoms with Gasteiger partial charge in [0.15, 0.2) is 0 Å². The van der Waals surface area contributed by atoms with Crippen LogP contribution in [0.15, 0.2) is 0 Å². The molecule has 0 unspecified atom stereocenters. The molecule has 1 saturated carbocycles. The maximum Gasteiger partial charge on any atom is 0.135 e. The van der Waals surface area contributed by atoms with Crippen LogP contribution in [0.1, 0.15) is 31.2 Å². The predicted octanol–water partition coefficient (Wildman–Crippen LogP) is 1.64. The number of nitrogen functional groups attached to an aromatic ring is 1. The molecule has 1 aliphatic rings. The van der Waals surface area contributed by atoms with Gasteiger partial charge in [-0.1, -0.05) is 0 Å². The van der Waals surface area contributed by atoms with Crippen molar-refractivity contribution in [3.8, 4) is 0 Å². The molecule has 76 valence electrons. The van der Waals surface area contributed by atoms with Crippen molar-refractivity contribution in [1.82, 2.24) is 9.97 Å². The summed E-state index contributed by atoms with van der Waals surface area (Å²) in [6.07, 6.45) is 2.41. The van der Waals surface area contributed by atoms with E-state index in [4.69, 9.17) is 5.73 Å². The fourth-order valence-electron chi connectivity index (χ4n) is 1.37. The first-order valence-electron chi connectivity index (χ1n) is 4.89. The number of nitrogens with one attached hydrogen (secondary N) is 1. The molecule has 4 nitrogen and oxygen atoms in total. The molecule has 1 aromatic rings. The summed E-state index contributed by atoms with van der Waals surface area (Å²) in [6.45, 7) is 6.00. The molecule has 1 aromatic heterocycles. The van der Waals surface area contributed by atoms with Crippen LogP contribution in [0.3, 0.4) is 0 Å². The number of hydrogen-bond acceptors (Lipinski definition) is 4. The van der Waals surface area contributed by atoms with Gasteiger partial charge in [-0.3, -0.25) is 0 Å². The SMILES string of the molecule is Cc1nc(N)c(C)c(NC2(C)CC2)n1. The lowest BCUT2D eigenvalue weighted by Gasteiger charge is -2.15. The van der Waals surface area contributed by atoms with Gasteiger partial charge in [-0.2, -0.15) is 0 Å². The number of anilines is 2. The first-order chi connectivity index (χ1) is 6.50. The van der Waals surface area contributed by atoms with Crippen LogP contribution in [-0.2, 0) is 0 Å². The lowest BCUT2D eigenvalue weighted by atomic mass is 10.2. The van der Waals surface area contributed by atoms with Crippen LogP contribution in [0.4, 0.5) is 11.6 Å². The lowest BCUT2D eigenvalue weighted by Crippen LogP contribution is -2.19. The van der Waals surface area contributed by atoms with Crippen LogP contribution < -0.4 is 11.1 Å². The minimum absolute atomic E-state index is 0.234. The Balaban J connectivity index is 2.32. The minimum atomic E-state index is 0.234. The molecule has 1 heterocycles. The van der Waals surface area contributed by atoms with Crippen LogP contribution >= 0.6 is 0 Å². The van der Waals surface area contributed by atoms with Gasteiger partial charge >= 0.3 is 0 Å². The minimum Gasteiger partial charge on any atom is -0.383 e. The van der Waals surface area contributed by atoms with Crippen molar-refractivity contribution in [2.45, 2.75) is 39.2 Å². The molecular weight excluding hydrogens is 176 g/mol. The molecule has 14 heavy (non-hydrogen) atoms. The summed E-state index contributed by atoms with van der Waals surface area (Å²) in [5.74, 6) is 2.18. The van der Waals surface area contributed by atoms with E-state index in [2.05, 4.69) is 22.2 Å². The Morgan fingerprint density at radius 1 is 1.29 bits per heavy atom. The van der Waals surface area contributed by atoms with Crippen molar-refractivity contribution in [3.63, 3.8) is 0 Å². The molecule has 1 aliphatic carbocycles. The summed E-state index contributed by atoms with van der Waals surface area (Å²) in [5.41, 5.74) is 6.95. The molecule has 0 saturated heterocycles. The maximum absolute atomic E-state index is 5.77. The Labute approximate surface area is 83.9 Å². The summed E-state index contributed by atoms with van der Waals surface area (Å²) < 4.78 is 0. The molecule has 0 aliphatic heterocycles. The second kappa shape index (κ2) is 2.83. The van der Waals surface area contributed by atoms with Gasteiger partial charge in [0.05, 0.1) is 0 Å². The second-order valence-electron chi connectivity index (χ2n) is 4.32. The van der Waals surface area contributed by atoms with Crippen molar-refractivity contribution in [2.24, 2.45) is 0 Å². The van der Waals surface area contributed by atoms with Crippen LogP contribution in [-0.4, -0.2) is 15.5 Å². The smallest absolute Gasteiger partial charge is 0.135 e. The van der Waals surface area contributed by atoms with Crippen LogP contribution in [0.2, 0.25) is 0 Å². The van der Waals surface area contributed by atoms with Gasteiger partial charge in [0.2, 0.25) is 0 Å². The summed E-state index contributed by atoms with van der Waals surface area (Å²) in [4.78, 5) is 8.47. The normalized spacial score (nSPS) is 17.9. The van der Waals surface area contributed by atoms with E-state index in [1.807, 2.05) is 13.8 Å². The molecule has 1 fully saturated rings. The molecule has 0 atom stereocenters. The van der Waals surface area contributed by atoms with Crippen LogP contribution in [0, 0.1) is 13.8 Å². The van der Waals surface area contributed by atoms with E-state index in [0.29, 0.717) is 5.82 Å². The van der Waals surface area contributed by atoms with Gasteiger partial charge < -0.3 is 11.1 Å². The summed E-state index contributed by atoms with van der Waals surface area (Å²) in [7, 11) is 0. The summed E-state index contributed by atoms with van der Waals surface area (Å²) in [5, 5.41) is 3.41. The molecule has 3 N–H and O–H groups in total. The van der Waals surface area contributed by atoms with E-state index < -0.39 is 0 Å². The highest BCUT2D eigenvalue weighted by Crippen LogP contribution is 2.38. The highest BCUT2D eigenvalue weighted by atomic mass is 15.1. The van der Waals surface area contributed by atoms with Gasteiger partial charge in [-0.15, -0.1) is 0 Å². The van der Waals surface area contributed by atoms with E-state index in [0.717, 1.165) is 17.2 Å². The molecule has 0 radical (unpaired) electrons. The first-order valence-corrected chi connectivity index (χ1v) is 4.89. The molecule has 0 spiro atoms. The molecular formula is C10H16N4.